The second kappa shape index (κ2) is 5.93. The Balaban J connectivity index is 2.31. The molecular formula is C14H16F3N3S. The van der Waals surface area contributed by atoms with Gasteiger partial charge in [-0.1, -0.05) is 19.9 Å². The molecule has 114 valence electrons. The molecule has 0 spiro atoms. The van der Waals surface area contributed by atoms with E-state index in [9.17, 15) is 13.2 Å². The SMILES string of the molecule is CC(C)C(Nc1cc(C(F)(F)F)cc(N)n1)c1cccs1. The van der Waals surface area contributed by atoms with Crippen molar-refractivity contribution in [3.8, 4) is 0 Å². The first kappa shape index (κ1) is 15.6. The van der Waals surface area contributed by atoms with E-state index in [0.29, 0.717) is 0 Å². The lowest BCUT2D eigenvalue weighted by atomic mass is 10.0. The number of nitrogens with one attached hydrogen (secondary N) is 1. The van der Waals surface area contributed by atoms with Gasteiger partial charge in [0.05, 0.1) is 11.6 Å². The number of nitrogens with zero attached hydrogens (tertiary/aromatic N) is 1. The standard InChI is InChI=1S/C14H16F3N3S/c1-8(2)13(10-4-3-5-21-10)20-12-7-9(14(15,16)17)6-11(18)19-12/h3-8,13H,1-2H3,(H3,18,19,20). The largest absolute Gasteiger partial charge is 0.416 e. The Morgan fingerprint density at radius 3 is 2.52 bits per heavy atom. The molecule has 0 saturated heterocycles. The van der Waals surface area contributed by atoms with Crippen molar-refractivity contribution in [2.24, 2.45) is 5.92 Å². The fourth-order valence-corrected chi connectivity index (χ4v) is 2.93. The van der Waals surface area contributed by atoms with Crippen molar-refractivity contribution in [3.05, 3.63) is 40.1 Å². The molecule has 0 aromatic carbocycles. The van der Waals surface area contributed by atoms with Crippen LogP contribution in [0.4, 0.5) is 24.8 Å². The first-order valence-electron chi connectivity index (χ1n) is 6.42. The molecule has 1 unspecified atom stereocenters. The minimum atomic E-state index is -4.44. The highest BCUT2D eigenvalue weighted by atomic mass is 32.1. The van der Waals surface area contributed by atoms with Gasteiger partial charge in [0.25, 0.3) is 0 Å². The Labute approximate surface area is 125 Å². The van der Waals surface area contributed by atoms with Crippen LogP contribution >= 0.6 is 11.3 Å². The maximum atomic E-state index is 12.8. The Morgan fingerprint density at radius 1 is 1.29 bits per heavy atom. The smallest absolute Gasteiger partial charge is 0.384 e. The molecule has 0 fully saturated rings. The zero-order valence-corrected chi connectivity index (χ0v) is 12.4. The summed E-state index contributed by atoms with van der Waals surface area (Å²) >= 11 is 1.55. The van der Waals surface area contributed by atoms with Crippen molar-refractivity contribution in [3.63, 3.8) is 0 Å². The summed E-state index contributed by atoms with van der Waals surface area (Å²) in [5.41, 5.74) is 4.68. The second-order valence-electron chi connectivity index (χ2n) is 5.05. The van der Waals surface area contributed by atoms with Crippen molar-refractivity contribution in [2.45, 2.75) is 26.1 Å². The van der Waals surface area contributed by atoms with Crippen LogP contribution in [0.15, 0.2) is 29.6 Å². The van der Waals surface area contributed by atoms with Gasteiger partial charge in [-0.25, -0.2) is 4.98 Å². The summed E-state index contributed by atoms with van der Waals surface area (Å²) < 4.78 is 38.4. The van der Waals surface area contributed by atoms with Gasteiger partial charge in [0.1, 0.15) is 11.6 Å². The molecule has 7 heteroatoms. The molecule has 0 bridgehead atoms. The van der Waals surface area contributed by atoms with Crippen molar-refractivity contribution < 1.29 is 13.2 Å². The highest BCUT2D eigenvalue weighted by Crippen LogP contribution is 2.34. The van der Waals surface area contributed by atoms with Crippen LogP contribution in [0.3, 0.4) is 0 Å². The summed E-state index contributed by atoms with van der Waals surface area (Å²) in [6.07, 6.45) is -4.44. The lowest BCUT2D eigenvalue weighted by molar-refractivity contribution is -0.137. The monoisotopic (exact) mass is 315 g/mol. The van der Waals surface area contributed by atoms with Crippen LogP contribution in [0, 0.1) is 5.92 Å². The molecule has 0 aliphatic heterocycles. The average molecular weight is 315 g/mol. The molecule has 2 rings (SSSR count). The molecule has 1 atom stereocenters. The first-order chi connectivity index (χ1) is 9.77. The van der Waals surface area contributed by atoms with Crippen molar-refractivity contribution in [2.75, 3.05) is 11.1 Å². The van der Waals surface area contributed by atoms with E-state index in [4.69, 9.17) is 5.73 Å². The molecule has 0 aliphatic rings. The minimum Gasteiger partial charge on any atom is -0.384 e. The van der Waals surface area contributed by atoms with E-state index < -0.39 is 11.7 Å². The van der Waals surface area contributed by atoms with E-state index in [0.717, 1.165) is 17.0 Å². The van der Waals surface area contributed by atoms with E-state index in [1.807, 2.05) is 31.4 Å². The van der Waals surface area contributed by atoms with Crippen molar-refractivity contribution in [1.82, 2.24) is 4.98 Å². The minimum absolute atomic E-state index is 0.111. The van der Waals surface area contributed by atoms with E-state index in [2.05, 4.69) is 10.3 Å². The molecule has 0 saturated carbocycles. The van der Waals surface area contributed by atoms with E-state index in [1.165, 1.54) is 0 Å². The summed E-state index contributed by atoms with van der Waals surface area (Å²) in [5.74, 6) is 0.177. The number of halogens is 3. The maximum Gasteiger partial charge on any atom is 0.416 e. The lowest BCUT2D eigenvalue weighted by Crippen LogP contribution is -2.17. The number of anilines is 2. The van der Waals surface area contributed by atoms with Gasteiger partial charge in [-0.3, -0.25) is 0 Å². The third kappa shape index (κ3) is 3.87. The quantitative estimate of drug-likeness (QED) is 0.870. The lowest BCUT2D eigenvalue weighted by Gasteiger charge is -2.22. The fraction of sp³-hybridized carbons (Fsp3) is 0.357. The number of rotatable bonds is 4. The van der Waals surface area contributed by atoms with Gasteiger partial charge in [0.15, 0.2) is 0 Å². The predicted octanol–water partition coefficient (Wildman–Crippen LogP) is 4.55. The molecule has 21 heavy (non-hydrogen) atoms. The topological polar surface area (TPSA) is 50.9 Å². The molecule has 0 aliphatic carbocycles. The molecule has 3 N–H and O–H groups in total. The summed E-state index contributed by atoms with van der Waals surface area (Å²) in [6, 6.07) is 5.56. The molecule has 2 aromatic rings. The molecule has 2 heterocycles. The summed E-state index contributed by atoms with van der Waals surface area (Å²) in [5, 5.41) is 4.98. The van der Waals surface area contributed by atoms with Gasteiger partial charge < -0.3 is 11.1 Å². The Morgan fingerprint density at radius 2 is 2.00 bits per heavy atom. The fourth-order valence-electron chi connectivity index (χ4n) is 1.98. The Kier molecular flexibility index (Phi) is 4.41. The van der Waals surface area contributed by atoms with Crippen molar-refractivity contribution in [1.29, 1.82) is 0 Å². The highest BCUT2D eigenvalue weighted by Gasteiger charge is 2.31. The van der Waals surface area contributed by atoms with E-state index in [1.54, 1.807) is 11.3 Å². The summed E-state index contributed by atoms with van der Waals surface area (Å²) in [7, 11) is 0. The average Bonchev–Trinajstić information content (AvgIpc) is 2.87. The van der Waals surface area contributed by atoms with Crippen LogP contribution < -0.4 is 11.1 Å². The van der Waals surface area contributed by atoms with Crippen LogP contribution in [-0.2, 0) is 6.18 Å². The second-order valence-corrected chi connectivity index (χ2v) is 6.02. The zero-order chi connectivity index (χ0) is 15.6. The molecule has 3 nitrogen and oxygen atoms in total. The summed E-state index contributed by atoms with van der Waals surface area (Å²) in [6.45, 7) is 3.99. The Bertz CT molecular complexity index is 594. The van der Waals surface area contributed by atoms with Crippen molar-refractivity contribution >= 4 is 23.0 Å². The molecule has 0 radical (unpaired) electrons. The van der Waals surface area contributed by atoms with E-state index in [-0.39, 0.29) is 23.6 Å². The normalized spacial score (nSPS) is 13.4. The molecular weight excluding hydrogens is 299 g/mol. The third-order valence-electron chi connectivity index (χ3n) is 2.99. The number of hydrogen-bond acceptors (Lipinski definition) is 4. The number of aromatic nitrogens is 1. The van der Waals surface area contributed by atoms with Crippen LogP contribution in [0.1, 0.15) is 30.3 Å². The number of hydrogen-bond donors (Lipinski definition) is 2. The van der Waals surface area contributed by atoms with Crippen LogP contribution in [0.2, 0.25) is 0 Å². The number of alkyl halides is 3. The van der Waals surface area contributed by atoms with Crippen LogP contribution in [0.25, 0.3) is 0 Å². The summed E-state index contributed by atoms with van der Waals surface area (Å²) in [4.78, 5) is 4.99. The van der Waals surface area contributed by atoms with Gasteiger partial charge in [0.2, 0.25) is 0 Å². The first-order valence-corrected chi connectivity index (χ1v) is 7.30. The van der Waals surface area contributed by atoms with Gasteiger partial charge in [-0.2, -0.15) is 13.2 Å². The van der Waals surface area contributed by atoms with E-state index >= 15 is 0 Å². The predicted molar refractivity (Wildman–Crippen MR) is 79.2 cm³/mol. The zero-order valence-electron chi connectivity index (χ0n) is 11.6. The van der Waals surface area contributed by atoms with Gasteiger partial charge in [-0.05, 0) is 29.5 Å². The number of nitrogen functional groups attached to an aromatic ring is 1. The number of nitrogens with two attached hydrogens (primary N) is 1. The van der Waals surface area contributed by atoms with Gasteiger partial charge in [0, 0.05) is 4.88 Å². The number of pyridine rings is 1. The van der Waals surface area contributed by atoms with Gasteiger partial charge >= 0.3 is 6.18 Å². The molecule has 2 aromatic heterocycles. The Hall–Kier alpha value is -1.76. The molecule has 0 amide bonds. The van der Waals surface area contributed by atoms with Crippen LogP contribution in [-0.4, -0.2) is 4.98 Å². The van der Waals surface area contributed by atoms with Crippen LogP contribution in [0.5, 0.6) is 0 Å². The highest BCUT2D eigenvalue weighted by molar-refractivity contribution is 7.10. The third-order valence-corrected chi connectivity index (χ3v) is 3.95. The maximum absolute atomic E-state index is 12.8. The van der Waals surface area contributed by atoms with Gasteiger partial charge in [-0.15, -0.1) is 11.3 Å². The number of thiophene rings is 1.